The van der Waals surface area contributed by atoms with Crippen molar-refractivity contribution in [3.05, 3.63) is 26.8 Å². The maximum Gasteiger partial charge on any atom is 0.224 e. The van der Waals surface area contributed by atoms with Crippen molar-refractivity contribution in [2.45, 2.75) is 40.5 Å². The Hall–Kier alpha value is -0.290. The van der Waals surface area contributed by atoms with Crippen LogP contribution >= 0.6 is 34.2 Å². The molecule has 0 aliphatic rings. The van der Waals surface area contributed by atoms with Crippen molar-refractivity contribution < 1.29 is 4.79 Å². The second-order valence-electron chi connectivity index (χ2n) is 6.25. The van der Waals surface area contributed by atoms with E-state index in [0.717, 1.165) is 15.7 Å². The van der Waals surface area contributed by atoms with Gasteiger partial charge < -0.3 is 5.32 Å². The second kappa shape index (κ2) is 6.93. The van der Waals surface area contributed by atoms with Crippen molar-refractivity contribution in [1.82, 2.24) is 0 Å². The molecule has 2 nitrogen and oxygen atoms in total. The van der Waals surface area contributed by atoms with Crippen LogP contribution in [0.3, 0.4) is 0 Å². The van der Waals surface area contributed by atoms with E-state index in [0.29, 0.717) is 17.4 Å². The summed E-state index contributed by atoms with van der Waals surface area (Å²) >= 11 is 8.07. The monoisotopic (exact) mass is 393 g/mol. The molecule has 0 bridgehead atoms. The minimum Gasteiger partial charge on any atom is -0.325 e. The molecule has 1 unspecified atom stereocenters. The largest absolute Gasteiger partial charge is 0.325 e. The molecule has 0 radical (unpaired) electrons. The van der Waals surface area contributed by atoms with Crippen LogP contribution < -0.4 is 5.32 Å². The fraction of sp³-hybridized carbons (Fsp3) is 0.533. The van der Waals surface area contributed by atoms with Crippen molar-refractivity contribution in [2.24, 2.45) is 11.3 Å². The number of carbonyl (C=O) groups excluding carboxylic acids is 1. The lowest BCUT2D eigenvalue weighted by molar-refractivity contribution is -0.117. The van der Waals surface area contributed by atoms with Crippen molar-refractivity contribution in [1.29, 1.82) is 0 Å². The molecule has 0 saturated heterocycles. The average molecular weight is 394 g/mol. The molecule has 0 aliphatic carbocycles. The van der Waals surface area contributed by atoms with Gasteiger partial charge in [-0.2, -0.15) is 0 Å². The van der Waals surface area contributed by atoms with E-state index in [9.17, 15) is 4.79 Å². The van der Waals surface area contributed by atoms with Gasteiger partial charge in [0.1, 0.15) is 0 Å². The standard InChI is InChI=1S/C15H21ClINO/c1-10(9-15(2,3)4)7-14(19)18-13-6-5-11(16)8-12(13)17/h5-6,8,10H,7,9H2,1-4H3,(H,18,19). The predicted octanol–water partition coefficient (Wildman–Crippen LogP) is 5.35. The first-order valence-corrected chi connectivity index (χ1v) is 7.88. The summed E-state index contributed by atoms with van der Waals surface area (Å²) in [5.41, 5.74) is 1.09. The van der Waals surface area contributed by atoms with Gasteiger partial charge in [-0.15, -0.1) is 0 Å². The molecule has 1 rings (SSSR count). The number of halogens is 2. The van der Waals surface area contributed by atoms with Crippen LogP contribution in [0.15, 0.2) is 18.2 Å². The lowest BCUT2D eigenvalue weighted by Gasteiger charge is -2.22. The highest BCUT2D eigenvalue weighted by atomic mass is 127. The highest BCUT2D eigenvalue weighted by Gasteiger charge is 2.18. The third kappa shape index (κ3) is 6.61. The van der Waals surface area contributed by atoms with E-state index < -0.39 is 0 Å². The first kappa shape index (κ1) is 16.8. The molecule has 1 aromatic carbocycles. The van der Waals surface area contributed by atoms with Gasteiger partial charge in [0.2, 0.25) is 5.91 Å². The van der Waals surface area contributed by atoms with Gasteiger partial charge in [-0.1, -0.05) is 39.3 Å². The third-order valence-electron chi connectivity index (χ3n) is 2.70. The topological polar surface area (TPSA) is 29.1 Å². The molecule has 0 spiro atoms. The molecule has 0 aromatic heterocycles. The normalized spacial score (nSPS) is 13.2. The molecule has 1 atom stereocenters. The molecular weight excluding hydrogens is 373 g/mol. The minimum absolute atomic E-state index is 0.0667. The van der Waals surface area contributed by atoms with Crippen LogP contribution in [0, 0.1) is 14.9 Å². The Kier molecular flexibility index (Phi) is 6.12. The van der Waals surface area contributed by atoms with Gasteiger partial charge in [0.05, 0.1) is 5.69 Å². The summed E-state index contributed by atoms with van der Waals surface area (Å²) in [7, 11) is 0. The second-order valence-corrected chi connectivity index (χ2v) is 7.85. The number of rotatable bonds is 4. The summed E-state index contributed by atoms with van der Waals surface area (Å²) in [6.45, 7) is 8.72. The van der Waals surface area contributed by atoms with Crippen molar-refractivity contribution in [3.8, 4) is 0 Å². The van der Waals surface area contributed by atoms with E-state index in [1.54, 1.807) is 6.07 Å². The summed E-state index contributed by atoms with van der Waals surface area (Å²) in [5.74, 6) is 0.446. The fourth-order valence-corrected chi connectivity index (χ4v) is 3.23. The molecule has 0 heterocycles. The van der Waals surface area contributed by atoms with Crippen LogP contribution in [0.2, 0.25) is 5.02 Å². The quantitative estimate of drug-likeness (QED) is 0.687. The van der Waals surface area contributed by atoms with Crippen LogP contribution in [-0.4, -0.2) is 5.91 Å². The Balaban J connectivity index is 2.56. The highest BCUT2D eigenvalue weighted by molar-refractivity contribution is 14.1. The minimum atomic E-state index is 0.0667. The first-order chi connectivity index (χ1) is 8.67. The first-order valence-electron chi connectivity index (χ1n) is 6.42. The SMILES string of the molecule is CC(CC(=O)Nc1ccc(Cl)cc1I)CC(C)(C)C. The van der Waals surface area contributed by atoms with Crippen LogP contribution in [0.1, 0.15) is 40.5 Å². The fourth-order valence-electron chi connectivity index (χ4n) is 2.23. The maximum atomic E-state index is 12.0. The summed E-state index contributed by atoms with van der Waals surface area (Å²) in [6.07, 6.45) is 1.59. The lowest BCUT2D eigenvalue weighted by atomic mass is 9.84. The van der Waals surface area contributed by atoms with Gasteiger partial charge in [0, 0.05) is 15.0 Å². The van der Waals surface area contributed by atoms with Crippen molar-refractivity contribution >= 4 is 45.8 Å². The van der Waals surface area contributed by atoms with Gasteiger partial charge in [0.25, 0.3) is 0 Å². The molecule has 1 aromatic rings. The predicted molar refractivity (Wildman–Crippen MR) is 90.7 cm³/mol. The molecule has 106 valence electrons. The summed E-state index contributed by atoms with van der Waals surface area (Å²) in [4.78, 5) is 12.0. The van der Waals surface area contributed by atoms with E-state index in [1.807, 2.05) is 12.1 Å². The van der Waals surface area contributed by atoms with E-state index in [-0.39, 0.29) is 11.3 Å². The smallest absolute Gasteiger partial charge is 0.224 e. The number of benzene rings is 1. The summed E-state index contributed by atoms with van der Waals surface area (Å²) in [5, 5.41) is 3.63. The zero-order valence-electron chi connectivity index (χ0n) is 11.9. The Morgan fingerprint density at radius 3 is 2.58 bits per heavy atom. The van der Waals surface area contributed by atoms with E-state index in [2.05, 4.69) is 55.6 Å². The van der Waals surface area contributed by atoms with Crippen LogP contribution in [-0.2, 0) is 4.79 Å². The third-order valence-corrected chi connectivity index (χ3v) is 3.83. The molecule has 19 heavy (non-hydrogen) atoms. The molecule has 1 amide bonds. The number of anilines is 1. The van der Waals surface area contributed by atoms with Gasteiger partial charge in [0.15, 0.2) is 0 Å². The lowest BCUT2D eigenvalue weighted by Crippen LogP contribution is -2.19. The van der Waals surface area contributed by atoms with Crippen LogP contribution in [0.25, 0.3) is 0 Å². The number of hydrogen-bond acceptors (Lipinski definition) is 1. The Morgan fingerprint density at radius 2 is 2.05 bits per heavy atom. The maximum absolute atomic E-state index is 12.0. The average Bonchev–Trinajstić information content (AvgIpc) is 2.19. The van der Waals surface area contributed by atoms with E-state index in [4.69, 9.17) is 11.6 Å². The van der Waals surface area contributed by atoms with Gasteiger partial charge in [-0.25, -0.2) is 0 Å². The van der Waals surface area contributed by atoms with Crippen LogP contribution in [0.5, 0.6) is 0 Å². The molecule has 0 saturated carbocycles. The molecule has 0 fully saturated rings. The number of carbonyl (C=O) groups is 1. The van der Waals surface area contributed by atoms with Gasteiger partial charge in [-0.05, 0) is 58.5 Å². The van der Waals surface area contributed by atoms with Gasteiger partial charge >= 0.3 is 0 Å². The zero-order chi connectivity index (χ0) is 14.6. The summed E-state index contributed by atoms with van der Waals surface area (Å²) < 4.78 is 0.960. The van der Waals surface area contributed by atoms with Crippen molar-refractivity contribution in [3.63, 3.8) is 0 Å². The van der Waals surface area contributed by atoms with E-state index >= 15 is 0 Å². The molecule has 1 N–H and O–H groups in total. The Morgan fingerprint density at radius 1 is 1.42 bits per heavy atom. The molecule has 4 heteroatoms. The van der Waals surface area contributed by atoms with E-state index in [1.165, 1.54) is 0 Å². The zero-order valence-corrected chi connectivity index (χ0v) is 14.8. The highest BCUT2D eigenvalue weighted by Crippen LogP contribution is 2.27. The Labute approximate surface area is 134 Å². The Bertz CT molecular complexity index is 454. The van der Waals surface area contributed by atoms with Crippen LogP contribution in [0.4, 0.5) is 5.69 Å². The van der Waals surface area contributed by atoms with Gasteiger partial charge in [-0.3, -0.25) is 4.79 Å². The number of hydrogen-bond donors (Lipinski definition) is 1. The number of amides is 1. The summed E-state index contributed by atoms with van der Waals surface area (Å²) in [6, 6.07) is 5.48. The van der Waals surface area contributed by atoms with Crippen molar-refractivity contribution in [2.75, 3.05) is 5.32 Å². The molecular formula is C15H21ClINO. The number of nitrogens with one attached hydrogen (secondary N) is 1. The molecule has 0 aliphatic heterocycles.